The molecule has 0 rings (SSSR count). The molecule has 0 aliphatic heterocycles. The highest BCUT2D eigenvalue weighted by Crippen LogP contribution is 2.05. The number of ether oxygens (including phenoxy) is 2. The van der Waals surface area contributed by atoms with Gasteiger partial charge in [0.2, 0.25) is 0 Å². The number of methoxy groups -OCH3 is 2. The highest BCUT2D eigenvalue weighted by molar-refractivity contribution is 4.84. The summed E-state index contributed by atoms with van der Waals surface area (Å²) in [6.07, 6.45) is 0. The van der Waals surface area contributed by atoms with Crippen LogP contribution in [0.1, 0.15) is 20.8 Å². The molecular formula is C9H21NO2. The van der Waals surface area contributed by atoms with E-state index >= 15 is 0 Å². The van der Waals surface area contributed by atoms with Gasteiger partial charge in [0.05, 0.1) is 18.8 Å². The normalized spacial score (nSPS) is 12.5. The molecule has 0 aromatic carbocycles. The Hall–Kier alpha value is -0.120. The molecule has 0 heterocycles. The Morgan fingerprint density at radius 2 is 1.58 bits per heavy atom. The van der Waals surface area contributed by atoms with Crippen LogP contribution in [0.15, 0.2) is 0 Å². The van der Waals surface area contributed by atoms with Gasteiger partial charge in [0.25, 0.3) is 0 Å². The van der Waals surface area contributed by atoms with Crippen LogP contribution in [0.25, 0.3) is 0 Å². The molecule has 3 nitrogen and oxygen atoms in total. The van der Waals surface area contributed by atoms with Gasteiger partial charge < -0.3 is 14.8 Å². The Kier molecular flexibility index (Phi) is 5.46. The average molecular weight is 175 g/mol. The van der Waals surface area contributed by atoms with Crippen LogP contribution in [-0.4, -0.2) is 39.0 Å². The van der Waals surface area contributed by atoms with Gasteiger partial charge in [-0.2, -0.15) is 0 Å². The minimum absolute atomic E-state index is 0.0718. The monoisotopic (exact) mass is 175 g/mol. The molecule has 0 aromatic rings. The van der Waals surface area contributed by atoms with Gasteiger partial charge in [-0.25, -0.2) is 0 Å². The predicted octanol–water partition coefficient (Wildman–Crippen LogP) is 1.04. The summed E-state index contributed by atoms with van der Waals surface area (Å²) in [5.41, 5.74) is -0.0718. The van der Waals surface area contributed by atoms with Crippen molar-refractivity contribution in [3.8, 4) is 0 Å². The third-order valence-corrected chi connectivity index (χ3v) is 1.56. The maximum Gasteiger partial charge on any atom is 0.0664 e. The third-order valence-electron chi connectivity index (χ3n) is 1.56. The predicted molar refractivity (Wildman–Crippen MR) is 50.4 cm³/mol. The Bertz CT molecular complexity index is 109. The van der Waals surface area contributed by atoms with E-state index in [9.17, 15) is 0 Å². The quantitative estimate of drug-likeness (QED) is 0.654. The molecule has 0 atom stereocenters. The van der Waals surface area contributed by atoms with Crippen LogP contribution in [0.3, 0.4) is 0 Å². The van der Waals surface area contributed by atoms with E-state index in [0.717, 1.165) is 0 Å². The van der Waals surface area contributed by atoms with Crippen LogP contribution in [-0.2, 0) is 9.47 Å². The minimum atomic E-state index is -0.0718. The largest absolute Gasteiger partial charge is 0.383 e. The summed E-state index contributed by atoms with van der Waals surface area (Å²) in [5, 5.41) is 3.41. The highest BCUT2D eigenvalue weighted by Gasteiger charge is 2.24. The zero-order valence-corrected chi connectivity index (χ0v) is 8.81. The van der Waals surface area contributed by atoms with Crippen molar-refractivity contribution in [1.29, 1.82) is 0 Å². The minimum Gasteiger partial charge on any atom is -0.383 e. The lowest BCUT2D eigenvalue weighted by atomic mass is 10.0. The van der Waals surface area contributed by atoms with Crippen LogP contribution in [0.2, 0.25) is 0 Å². The van der Waals surface area contributed by atoms with Crippen molar-refractivity contribution in [3.63, 3.8) is 0 Å². The fourth-order valence-electron chi connectivity index (χ4n) is 1.46. The van der Waals surface area contributed by atoms with Crippen LogP contribution in [0.5, 0.6) is 0 Å². The van der Waals surface area contributed by atoms with Crippen molar-refractivity contribution >= 4 is 0 Å². The first-order valence-corrected chi connectivity index (χ1v) is 4.29. The van der Waals surface area contributed by atoms with Gasteiger partial charge in [0, 0.05) is 20.3 Å². The Morgan fingerprint density at radius 3 is 1.83 bits per heavy atom. The molecule has 74 valence electrons. The fourth-order valence-corrected chi connectivity index (χ4v) is 1.46. The van der Waals surface area contributed by atoms with Crippen LogP contribution in [0, 0.1) is 0 Å². The second-order valence-corrected chi connectivity index (χ2v) is 3.73. The molecule has 0 aliphatic carbocycles. The number of hydrogen-bond donors (Lipinski definition) is 1. The number of hydrogen-bond acceptors (Lipinski definition) is 3. The SMILES string of the molecule is COCC(C)(COC)NC(C)C. The second kappa shape index (κ2) is 5.51. The summed E-state index contributed by atoms with van der Waals surface area (Å²) in [5.74, 6) is 0. The van der Waals surface area contributed by atoms with Crippen LogP contribution >= 0.6 is 0 Å². The molecule has 1 N–H and O–H groups in total. The van der Waals surface area contributed by atoms with Crippen LogP contribution in [0.4, 0.5) is 0 Å². The maximum absolute atomic E-state index is 5.12. The summed E-state index contributed by atoms with van der Waals surface area (Å²) in [6.45, 7) is 7.66. The topological polar surface area (TPSA) is 30.5 Å². The molecule has 0 bridgehead atoms. The van der Waals surface area contributed by atoms with E-state index in [2.05, 4.69) is 26.1 Å². The van der Waals surface area contributed by atoms with E-state index in [1.54, 1.807) is 14.2 Å². The molecule has 0 radical (unpaired) electrons. The zero-order valence-electron chi connectivity index (χ0n) is 8.81. The van der Waals surface area contributed by atoms with Gasteiger partial charge >= 0.3 is 0 Å². The van der Waals surface area contributed by atoms with E-state index in [-0.39, 0.29) is 5.54 Å². The lowest BCUT2D eigenvalue weighted by Gasteiger charge is -2.31. The van der Waals surface area contributed by atoms with E-state index in [1.165, 1.54) is 0 Å². The Labute approximate surface area is 75.4 Å². The molecule has 0 aliphatic rings. The summed E-state index contributed by atoms with van der Waals surface area (Å²) in [7, 11) is 3.41. The zero-order chi connectivity index (χ0) is 9.61. The van der Waals surface area contributed by atoms with Gasteiger partial charge in [0.1, 0.15) is 0 Å². The van der Waals surface area contributed by atoms with Crippen molar-refractivity contribution in [1.82, 2.24) is 5.32 Å². The third kappa shape index (κ3) is 4.70. The Balaban J connectivity index is 3.98. The van der Waals surface area contributed by atoms with E-state index < -0.39 is 0 Å². The van der Waals surface area contributed by atoms with Gasteiger partial charge in [-0.3, -0.25) is 0 Å². The number of nitrogens with one attached hydrogen (secondary N) is 1. The second-order valence-electron chi connectivity index (χ2n) is 3.73. The van der Waals surface area contributed by atoms with Gasteiger partial charge in [-0.05, 0) is 6.92 Å². The van der Waals surface area contributed by atoms with E-state index in [0.29, 0.717) is 19.3 Å². The molecule has 0 spiro atoms. The first-order valence-electron chi connectivity index (χ1n) is 4.29. The lowest BCUT2D eigenvalue weighted by Crippen LogP contribution is -2.52. The molecule has 0 saturated carbocycles. The summed E-state index contributed by atoms with van der Waals surface area (Å²) in [6, 6.07) is 0.445. The molecule has 0 unspecified atom stereocenters. The Morgan fingerprint density at radius 1 is 1.17 bits per heavy atom. The summed E-state index contributed by atoms with van der Waals surface area (Å²) < 4.78 is 10.2. The van der Waals surface area contributed by atoms with Crippen molar-refractivity contribution in [2.24, 2.45) is 0 Å². The summed E-state index contributed by atoms with van der Waals surface area (Å²) in [4.78, 5) is 0. The molecule has 12 heavy (non-hydrogen) atoms. The highest BCUT2D eigenvalue weighted by atomic mass is 16.5. The average Bonchev–Trinajstić information content (AvgIpc) is 1.85. The van der Waals surface area contributed by atoms with Gasteiger partial charge in [0.15, 0.2) is 0 Å². The first kappa shape index (κ1) is 11.9. The van der Waals surface area contributed by atoms with E-state index in [1.807, 2.05) is 0 Å². The molecule has 0 aromatic heterocycles. The molecule has 3 heteroatoms. The van der Waals surface area contributed by atoms with Crippen molar-refractivity contribution in [2.75, 3.05) is 27.4 Å². The van der Waals surface area contributed by atoms with Gasteiger partial charge in [-0.15, -0.1) is 0 Å². The summed E-state index contributed by atoms with van der Waals surface area (Å²) >= 11 is 0. The standard InChI is InChI=1S/C9H21NO2/c1-8(2)10-9(3,6-11-4)7-12-5/h8,10H,6-7H2,1-5H3. The first-order chi connectivity index (χ1) is 5.54. The van der Waals surface area contributed by atoms with Crippen molar-refractivity contribution < 1.29 is 9.47 Å². The fraction of sp³-hybridized carbons (Fsp3) is 1.00. The lowest BCUT2D eigenvalue weighted by molar-refractivity contribution is 0.0472. The molecule has 0 saturated heterocycles. The van der Waals surface area contributed by atoms with Crippen molar-refractivity contribution in [2.45, 2.75) is 32.4 Å². The van der Waals surface area contributed by atoms with Gasteiger partial charge in [-0.1, -0.05) is 13.8 Å². The molecule has 0 amide bonds. The van der Waals surface area contributed by atoms with Crippen molar-refractivity contribution in [3.05, 3.63) is 0 Å². The van der Waals surface area contributed by atoms with E-state index in [4.69, 9.17) is 9.47 Å². The number of rotatable bonds is 6. The molecular weight excluding hydrogens is 154 g/mol. The van der Waals surface area contributed by atoms with Crippen LogP contribution < -0.4 is 5.32 Å². The molecule has 0 fully saturated rings. The smallest absolute Gasteiger partial charge is 0.0664 e. The maximum atomic E-state index is 5.12.